The zero-order valence-corrected chi connectivity index (χ0v) is 23.4. The molecule has 184 valence electrons. The topological polar surface area (TPSA) is 70.0 Å². The van der Waals surface area contributed by atoms with Crippen molar-refractivity contribution in [2.75, 3.05) is 6.61 Å². The fourth-order valence-corrected chi connectivity index (χ4v) is 8.87. The average molecular weight is 594 g/mol. The van der Waals surface area contributed by atoms with Gasteiger partial charge in [0.2, 0.25) is 5.91 Å². The highest BCUT2D eigenvalue weighted by Gasteiger charge is 2.50. The number of aryl methyl sites for hydroxylation is 1. The van der Waals surface area contributed by atoms with Crippen molar-refractivity contribution < 1.29 is 19.4 Å². The van der Waals surface area contributed by atoms with Crippen LogP contribution in [0.25, 0.3) is 0 Å². The number of aliphatic hydroxyl groups is 1. The summed E-state index contributed by atoms with van der Waals surface area (Å²) in [7, 11) is -2.55. The van der Waals surface area contributed by atoms with Crippen LogP contribution in [0.5, 0.6) is 0 Å². The van der Waals surface area contributed by atoms with Gasteiger partial charge in [-0.15, -0.1) is 0 Å². The van der Waals surface area contributed by atoms with Gasteiger partial charge in [0.1, 0.15) is 0 Å². The van der Waals surface area contributed by atoms with Crippen molar-refractivity contribution in [3.05, 3.63) is 68.8 Å². The van der Waals surface area contributed by atoms with Gasteiger partial charge in [-0.2, -0.15) is 0 Å². The predicted octanol–water partition coefficient (Wildman–Crippen LogP) is 4.53. The Kier molecular flexibility index (Phi) is 8.19. The summed E-state index contributed by atoms with van der Waals surface area (Å²) in [6.45, 7) is 6.56. The van der Waals surface area contributed by atoms with Crippen LogP contribution in [-0.2, 0) is 28.9 Å². The van der Waals surface area contributed by atoms with Crippen molar-refractivity contribution in [3.63, 3.8) is 0 Å². The Morgan fingerprint density at radius 1 is 1.12 bits per heavy atom. The van der Waals surface area contributed by atoms with Gasteiger partial charge in [0.15, 0.2) is 8.32 Å². The first-order valence-corrected chi connectivity index (χ1v) is 16.4. The van der Waals surface area contributed by atoms with Gasteiger partial charge in [0, 0.05) is 15.7 Å². The number of carbonyl (C=O) groups is 1. The number of hydrogen-bond acceptors (Lipinski definition) is 4. The number of hydrogen-bond donors (Lipinski definition) is 2. The number of halogens is 1. The first-order valence-electron chi connectivity index (χ1n) is 12.3. The molecule has 7 heteroatoms. The van der Waals surface area contributed by atoms with Crippen LogP contribution in [0.4, 0.5) is 0 Å². The van der Waals surface area contributed by atoms with Crippen molar-refractivity contribution >= 4 is 36.8 Å². The summed E-state index contributed by atoms with van der Waals surface area (Å²) in [5.74, 6) is 0.205. The minimum Gasteiger partial charge on any atom is -0.432 e. The lowest BCUT2D eigenvalue weighted by Gasteiger charge is -2.37. The second-order valence-corrected chi connectivity index (χ2v) is 15.7. The van der Waals surface area contributed by atoms with E-state index in [-0.39, 0.29) is 48.6 Å². The molecule has 0 bridgehead atoms. The molecule has 0 aromatic heterocycles. The van der Waals surface area contributed by atoms with E-state index in [1.54, 1.807) is 0 Å². The zero-order valence-electron chi connectivity index (χ0n) is 20.3. The van der Waals surface area contributed by atoms with Gasteiger partial charge in [-0.3, -0.25) is 4.79 Å². The molecular formula is C27H36INO4Si. The summed E-state index contributed by atoms with van der Waals surface area (Å²) in [5.41, 5.74) is 3.63. The van der Waals surface area contributed by atoms with E-state index in [1.165, 1.54) is 14.7 Å². The Morgan fingerprint density at radius 3 is 2.44 bits per heavy atom. The molecule has 4 rings (SSSR count). The number of carbonyl (C=O) groups excluding carboxylic acids is 1. The molecule has 2 N–H and O–H groups in total. The third kappa shape index (κ3) is 5.75. The van der Waals surface area contributed by atoms with E-state index in [2.05, 4.69) is 65.9 Å². The van der Waals surface area contributed by atoms with Crippen LogP contribution in [0.3, 0.4) is 0 Å². The van der Waals surface area contributed by atoms with E-state index in [4.69, 9.17) is 4.74 Å². The third-order valence-electron chi connectivity index (χ3n) is 7.61. The Balaban J connectivity index is 1.46. The Hall–Kier alpha value is -1.26. The highest BCUT2D eigenvalue weighted by Crippen LogP contribution is 2.46. The normalized spacial score (nSPS) is 27.0. The van der Waals surface area contributed by atoms with Crippen molar-refractivity contribution in [2.24, 2.45) is 5.92 Å². The Labute approximate surface area is 217 Å². The minimum absolute atomic E-state index is 0.00262. The van der Waals surface area contributed by atoms with E-state index in [0.29, 0.717) is 13.0 Å². The largest absolute Gasteiger partial charge is 0.432 e. The Bertz CT molecular complexity index is 993. The molecule has 0 unspecified atom stereocenters. The highest BCUT2D eigenvalue weighted by atomic mass is 127. The Morgan fingerprint density at radius 2 is 1.79 bits per heavy atom. The summed E-state index contributed by atoms with van der Waals surface area (Å²) >= 11 is 2.31. The van der Waals surface area contributed by atoms with E-state index in [0.717, 1.165) is 18.4 Å². The van der Waals surface area contributed by atoms with Crippen LogP contribution >= 0.6 is 22.6 Å². The molecule has 0 saturated carbocycles. The summed E-state index contributed by atoms with van der Waals surface area (Å²) in [4.78, 5) is 26.5. The first kappa shape index (κ1) is 25.8. The van der Waals surface area contributed by atoms with E-state index in [9.17, 15) is 14.7 Å². The molecule has 0 radical (unpaired) electrons. The molecule has 2 aromatic rings. The number of ether oxygens (including phenoxy) is 1. The minimum atomic E-state index is -2.55. The van der Waals surface area contributed by atoms with E-state index >= 15 is 0 Å². The van der Waals surface area contributed by atoms with Crippen molar-refractivity contribution in [1.29, 1.82) is 0 Å². The standard InChI is InChI=1S/C27H36INO4Si/c1-18-24(13-10-19-8-11-22(28)12-9-19)33-25(27(18)34(2,3)32)15-26(31)29-16-21-7-5-4-6-20(21)14-23(29)17-30/h4-9,11-12,18,23-25,27,30,32H,10,13-17H2,1-3H3/t18-,23-,24+,25-,27+/m0/s1. The van der Waals surface area contributed by atoms with Gasteiger partial charge in [0.25, 0.3) is 0 Å². The second-order valence-electron chi connectivity index (χ2n) is 10.5. The summed E-state index contributed by atoms with van der Waals surface area (Å²) in [6, 6.07) is 16.5. The number of nitrogens with zero attached hydrogens (tertiary/aromatic N) is 1. The lowest BCUT2D eigenvalue weighted by molar-refractivity contribution is -0.138. The third-order valence-corrected chi connectivity index (χ3v) is 10.9. The molecule has 1 saturated heterocycles. The average Bonchev–Trinajstić information content (AvgIpc) is 3.12. The molecule has 1 amide bonds. The van der Waals surface area contributed by atoms with Gasteiger partial charge < -0.3 is 19.5 Å². The molecule has 2 heterocycles. The van der Waals surface area contributed by atoms with Crippen molar-refractivity contribution in [3.8, 4) is 0 Å². The van der Waals surface area contributed by atoms with Gasteiger partial charge in [-0.1, -0.05) is 43.3 Å². The summed E-state index contributed by atoms with van der Waals surface area (Å²) < 4.78 is 7.74. The fourth-order valence-electron chi connectivity index (χ4n) is 5.90. The fraction of sp³-hybridized carbons (Fsp3) is 0.519. The molecule has 2 aliphatic rings. The molecule has 34 heavy (non-hydrogen) atoms. The van der Waals surface area contributed by atoms with Gasteiger partial charge in [0.05, 0.1) is 31.3 Å². The maximum atomic E-state index is 13.5. The molecule has 2 aliphatic heterocycles. The van der Waals surface area contributed by atoms with Gasteiger partial charge in [-0.25, -0.2) is 0 Å². The zero-order chi connectivity index (χ0) is 24.5. The number of benzene rings is 2. The second kappa shape index (κ2) is 10.8. The molecule has 5 atom stereocenters. The molecular weight excluding hydrogens is 557 g/mol. The molecule has 0 spiro atoms. The van der Waals surface area contributed by atoms with Crippen molar-refractivity contribution in [2.45, 2.75) is 76.0 Å². The van der Waals surface area contributed by atoms with Crippen LogP contribution in [0.2, 0.25) is 18.6 Å². The summed E-state index contributed by atoms with van der Waals surface area (Å²) in [5, 5.41) is 10.00. The van der Waals surface area contributed by atoms with Crippen LogP contribution < -0.4 is 0 Å². The van der Waals surface area contributed by atoms with Crippen LogP contribution in [0, 0.1) is 9.49 Å². The monoisotopic (exact) mass is 593 g/mol. The van der Waals surface area contributed by atoms with Gasteiger partial charge in [-0.05, 0) is 89.7 Å². The smallest absolute Gasteiger partial charge is 0.225 e. The predicted molar refractivity (Wildman–Crippen MR) is 145 cm³/mol. The SMILES string of the molecule is C[C@@H]1[C@@H]([Si](C)(C)O)[C@H](CC(=O)N2Cc3ccccc3C[C@H]2CO)O[C@@H]1CCc1ccc(I)cc1. The maximum Gasteiger partial charge on any atom is 0.225 e. The number of fused-ring (bicyclic) bond motifs is 1. The number of rotatable bonds is 7. The van der Waals surface area contributed by atoms with Crippen LogP contribution in [0.1, 0.15) is 36.5 Å². The van der Waals surface area contributed by atoms with Crippen LogP contribution in [-0.4, -0.2) is 53.9 Å². The molecule has 5 nitrogen and oxygen atoms in total. The highest BCUT2D eigenvalue weighted by molar-refractivity contribution is 14.1. The molecule has 1 fully saturated rings. The van der Waals surface area contributed by atoms with Gasteiger partial charge >= 0.3 is 0 Å². The van der Waals surface area contributed by atoms with Crippen molar-refractivity contribution in [1.82, 2.24) is 4.90 Å². The lowest BCUT2D eigenvalue weighted by atomic mass is 9.93. The summed E-state index contributed by atoms with van der Waals surface area (Å²) in [6.07, 6.45) is 2.46. The lowest BCUT2D eigenvalue weighted by Crippen LogP contribution is -2.48. The quantitative estimate of drug-likeness (QED) is 0.366. The maximum absolute atomic E-state index is 13.5. The molecule has 0 aliphatic carbocycles. The first-order chi connectivity index (χ1) is 16.2. The van der Waals surface area contributed by atoms with E-state index < -0.39 is 8.32 Å². The van der Waals surface area contributed by atoms with E-state index in [1.807, 2.05) is 30.1 Å². The number of amides is 1. The number of aliphatic hydroxyl groups excluding tert-OH is 1. The van der Waals surface area contributed by atoms with Crippen LogP contribution in [0.15, 0.2) is 48.5 Å². The molecule has 2 aromatic carbocycles.